The van der Waals surface area contributed by atoms with E-state index < -0.39 is 19.7 Å². The predicted octanol–water partition coefficient (Wildman–Crippen LogP) is -0.179. The fraction of sp³-hybridized carbons (Fsp3) is 1.00. The highest BCUT2D eigenvalue weighted by Gasteiger charge is 2.21. The molecular formula is C9H21NO4S2. The van der Waals surface area contributed by atoms with Crippen LogP contribution >= 0.6 is 0 Å². The van der Waals surface area contributed by atoms with Crippen LogP contribution in [-0.4, -0.2) is 46.9 Å². The van der Waals surface area contributed by atoms with Gasteiger partial charge < -0.3 is 5.73 Å². The first-order valence-corrected chi connectivity index (χ1v) is 8.94. The average Bonchev–Trinajstić information content (AvgIpc) is 2.12. The lowest BCUT2D eigenvalue weighted by molar-refractivity contribution is 0.365. The Labute approximate surface area is 98.2 Å². The van der Waals surface area contributed by atoms with Crippen LogP contribution in [0.25, 0.3) is 0 Å². The SMILES string of the molecule is CC(C)(CN)CCS(=O)(=O)CCS(C)(=O)=O. The zero-order valence-electron chi connectivity index (χ0n) is 10.1. The number of hydrogen-bond donors (Lipinski definition) is 1. The molecule has 5 nitrogen and oxygen atoms in total. The largest absolute Gasteiger partial charge is 0.330 e. The summed E-state index contributed by atoms with van der Waals surface area (Å²) in [5.74, 6) is -0.614. The second-order valence-electron chi connectivity index (χ2n) is 4.90. The summed E-state index contributed by atoms with van der Waals surface area (Å²) in [4.78, 5) is 0. The summed E-state index contributed by atoms with van der Waals surface area (Å²) < 4.78 is 44.8. The topological polar surface area (TPSA) is 94.3 Å². The van der Waals surface area contributed by atoms with Crippen LogP contribution in [0.5, 0.6) is 0 Å². The van der Waals surface area contributed by atoms with Crippen molar-refractivity contribution in [2.45, 2.75) is 20.3 Å². The van der Waals surface area contributed by atoms with Crippen molar-refractivity contribution in [3.63, 3.8) is 0 Å². The van der Waals surface area contributed by atoms with Gasteiger partial charge in [0.15, 0.2) is 9.84 Å². The molecule has 7 heteroatoms. The molecule has 0 atom stereocenters. The van der Waals surface area contributed by atoms with Crippen LogP contribution in [-0.2, 0) is 19.7 Å². The molecule has 0 radical (unpaired) electrons. The molecule has 0 amide bonds. The lowest BCUT2D eigenvalue weighted by Gasteiger charge is -2.21. The Hall–Kier alpha value is -0.140. The highest BCUT2D eigenvalue weighted by atomic mass is 32.2. The molecule has 0 aromatic carbocycles. The monoisotopic (exact) mass is 271 g/mol. The van der Waals surface area contributed by atoms with Crippen LogP contribution in [0.3, 0.4) is 0 Å². The Morgan fingerprint density at radius 1 is 1.00 bits per heavy atom. The first-order chi connectivity index (χ1) is 6.97. The quantitative estimate of drug-likeness (QED) is 0.693. The molecule has 0 heterocycles. The van der Waals surface area contributed by atoms with Gasteiger partial charge >= 0.3 is 0 Å². The third-order valence-electron chi connectivity index (χ3n) is 2.41. The summed E-state index contributed by atoms with van der Waals surface area (Å²) in [6.07, 6.45) is 1.49. The maximum Gasteiger partial charge on any atom is 0.151 e. The van der Waals surface area contributed by atoms with Crippen molar-refractivity contribution < 1.29 is 16.8 Å². The van der Waals surface area contributed by atoms with Crippen LogP contribution in [0.2, 0.25) is 0 Å². The van der Waals surface area contributed by atoms with Crippen molar-refractivity contribution in [2.75, 3.05) is 30.1 Å². The fourth-order valence-corrected chi connectivity index (χ4v) is 4.21. The minimum Gasteiger partial charge on any atom is -0.330 e. The van der Waals surface area contributed by atoms with Gasteiger partial charge in [0.25, 0.3) is 0 Å². The lowest BCUT2D eigenvalue weighted by atomic mass is 9.91. The predicted molar refractivity (Wildman–Crippen MR) is 65.8 cm³/mol. The standard InChI is InChI=1S/C9H21NO4S2/c1-9(2,8-10)4-5-16(13,14)7-6-15(3,11)12/h4-8,10H2,1-3H3. The van der Waals surface area contributed by atoms with E-state index in [-0.39, 0.29) is 22.7 Å². The molecule has 0 fully saturated rings. The molecule has 0 bridgehead atoms. The van der Waals surface area contributed by atoms with Crippen molar-refractivity contribution in [2.24, 2.45) is 11.1 Å². The molecule has 98 valence electrons. The molecule has 0 saturated heterocycles. The van der Waals surface area contributed by atoms with Crippen molar-refractivity contribution in [1.29, 1.82) is 0 Å². The van der Waals surface area contributed by atoms with E-state index in [1.165, 1.54) is 0 Å². The van der Waals surface area contributed by atoms with Crippen LogP contribution in [0.1, 0.15) is 20.3 Å². The van der Waals surface area contributed by atoms with Gasteiger partial charge in [0.05, 0.1) is 17.3 Å². The zero-order valence-corrected chi connectivity index (χ0v) is 11.7. The number of hydrogen-bond acceptors (Lipinski definition) is 5. The summed E-state index contributed by atoms with van der Waals surface area (Å²) in [7, 11) is -6.51. The maximum atomic E-state index is 11.5. The van der Waals surface area contributed by atoms with E-state index in [9.17, 15) is 16.8 Å². The summed E-state index contributed by atoms with van der Waals surface area (Å²) in [5.41, 5.74) is 5.26. The molecule has 0 aromatic heterocycles. The molecule has 0 aliphatic heterocycles. The molecular weight excluding hydrogens is 250 g/mol. The Morgan fingerprint density at radius 3 is 1.88 bits per heavy atom. The zero-order chi connectivity index (χ0) is 13.0. The molecule has 2 N–H and O–H groups in total. The van der Waals surface area contributed by atoms with E-state index in [2.05, 4.69) is 0 Å². The van der Waals surface area contributed by atoms with Crippen molar-refractivity contribution in [3.8, 4) is 0 Å². The highest BCUT2D eigenvalue weighted by Crippen LogP contribution is 2.19. The first-order valence-electron chi connectivity index (χ1n) is 5.06. The van der Waals surface area contributed by atoms with Crippen LogP contribution < -0.4 is 5.73 Å². The van der Waals surface area contributed by atoms with E-state index in [0.717, 1.165) is 6.26 Å². The molecule has 16 heavy (non-hydrogen) atoms. The molecule has 0 aliphatic rings. The molecule has 0 aliphatic carbocycles. The highest BCUT2D eigenvalue weighted by molar-refractivity contribution is 7.94. The van der Waals surface area contributed by atoms with Gasteiger partial charge in [-0.1, -0.05) is 13.8 Å². The van der Waals surface area contributed by atoms with Gasteiger partial charge in [0, 0.05) is 6.26 Å². The number of nitrogens with two attached hydrogens (primary N) is 1. The van der Waals surface area contributed by atoms with Gasteiger partial charge in [0.2, 0.25) is 0 Å². The normalized spacial score (nSPS) is 14.0. The molecule has 0 rings (SSSR count). The summed E-state index contributed by atoms with van der Waals surface area (Å²) in [5, 5.41) is 0. The maximum absolute atomic E-state index is 11.5. The van der Waals surface area contributed by atoms with Crippen LogP contribution in [0.4, 0.5) is 0 Å². The van der Waals surface area contributed by atoms with E-state index in [1.807, 2.05) is 13.8 Å². The third kappa shape index (κ3) is 8.06. The van der Waals surface area contributed by atoms with Crippen molar-refractivity contribution in [3.05, 3.63) is 0 Å². The Morgan fingerprint density at radius 2 is 1.50 bits per heavy atom. The smallest absolute Gasteiger partial charge is 0.151 e. The van der Waals surface area contributed by atoms with E-state index in [0.29, 0.717) is 13.0 Å². The molecule has 0 saturated carbocycles. The Balaban J connectivity index is 4.28. The van der Waals surface area contributed by atoms with E-state index >= 15 is 0 Å². The number of sulfone groups is 2. The van der Waals surface area contributed by atoms with E-state index in [4.69, 9.17) is 5.73 Å². The van der Waals surface area contributed by atoms with Crippen molar-refractivity contribution >= 4 is 19.7 Å². The van der Waals surface area contributed by atoms with Crippen LogP contribution in [0.15, 0.2) is 0 Å². The second kappa shape index (κ2) is 5.46. The van der Waals surface area contributed by atoms with Gasteiger partial charge in [-0.15, -0.1) is 0 Å². The van der Waals surface area contributed by atoms with E-state index in [1.54, 1.807) is 0 Å². The first kappa shape index (κ1) is 15.9. The number of rotatable bonds is 7. The van der Waals surface area contributed by atoms with Gasteiger partial charge in [0.1, 0.15) is 9.84 Å². The minimum absolute atomic E-state index is 0.00722. The molecule has 0 unspecified atom stereocenters. The summed E-state index contributed by atoms with van der Waals surface area (Å²) in [6.45, 7) is 4.19. The Kier molecular flexibility index (Phi) is 5.41. The Bertz CT molecular complexity index is 409. The van der Waals surface area contributed by atoms with Crippen LogP contribution in [0, 0.1) is 5.41 Å². The molecule has 0 aromatic rings. The second-order valence-corrected chi connectivity index (χ2v) is 9.46. The lowest BCUT2D eigenvalue weighted by Crippen LogP contribution is -2.28. The van der Waals surface area contributed by atoms with Gasteiger partial charge in [-0.3, -0.25) is 0 Å². The average molecular weight is 271 g/mol. The fourth-order valence-electron chi connectivity index (χ4n) is 0.914. The van der Waals surface area contributed by atoms with Gasteiger partial charge in [-0.25, -0.2) is 16.8 Å². The molecule has 0 spiro atoms. The third-order valence-corrected chi connectivity index (χ3v) is 5.26. The summed E-state index contributed by atoms with van der Waals surface area (Å²) >= 11 is 0. The van der Waals surface area contributed by atoms with Crippen molar-refractivity contribution in [1.82, 2.24) is 0 Å². The van der Waals surface area contributed by atoms with Gasteiger partial charge in [-0.2, -0.15) is 0 Å². The summed E-state index contributed by atoms with van der Waals surface area (Å²) in [6, 6.07) is 0. The van der Waals surface area contributed by atoms with Gasteiger partial charge in [-0.05, 0) is 18.4 Å². The minimum atomic E-state index is -3.29.